The molecule has 4 heteroatoms. The predicted molar refractivity (Wildman–Crippen MR) is 83.8 cm³/mol. The molecule has 1 N–H and O–H groups in total. The van der Waals surface area contributed by atoms with E-state index in [1.165, 1.54) is 0 Å². The molecule has 3 rings (SSSR count). The number of nitrogens with one attached hydrogen (secondary N) is 1. The standard InChI is InChI=1S/C17H23N3O/c1-11(2)12(3)17(21)20-10-6-9-15(20)16-18-13-7-4-5-8-14(13)19-16/h4-5,7-8,11-12,15H,6,9-10H2,1-3H3,(H,18,19)/t12-,15-/m0/s1. The molecule has 1 amide bonds. The Hall–Kier alpha value is -1.84. The molecule has 1 aliphatic heterocycles. The molecule has 0 bridgehead atoms. The summed E-state index contributed by atoms with van der Waals surface area (Å²) in [7, 11) is 0. The summed E-state index contributed by atoms with van der Waals surface area (Å²) in [4.78, 5) is 22.8. The fraction of sp³-hybridized carbons (Fsp3) is 0.529. The van der Waals surface area contributed by atoms with Crippen molar-refractivity contribution in [1.82, 2.24) is 14.9 Å². The van der Waals surface area contributed by atoms with Gasteiger partial charge in [0.1, 0.15) is 5.82 Å². The molecule has 0 saturated carbocycles. The highest BCUT2D eigenvalue weighted by Gasteiger charge is 2.34. The second-order valence-corrected chi connectivity index (χ2v) is 6.36. The lowest BCUT2D eigenvalue weighted by atomic mass is 9.96. The number of aromatic nitrogens is 2. The minimum absolute atomic E-state index is 0.0648. The van der Waals surface area contributed by atoms with Crippen LogP contribution >= 0.6 is 0 Å². The Bertz CT molecular complexity index is 613. The molecule has 21 heavy (non-hydrogen) atoms. The van der Waals surface area contributed by atoms with Gasteiger partial charge < -0.3 is 9.88 Å². The third-order valence-corrected chi connectivity index (χ3v) is 4.65. The van der Waals surface area contributed by atoms with Gasteiger partial charge in [-0.1, -0.05) is 32.9 Å². The highest BCUT2D eigenvalue weighted by molar-refractivity contribution is 5.80. The molecule has 0 spiro atoms. The summed E-state index contributed by atoms with van der Waals surface area (Å²) in [5.41, 5.74) is 2.02. The van der Waals surface area contributed by atoms with E-state index >= 15 is 0 Å². The Morgan fingerprint density at radius 3 is 2.81 bits per heavy atom. The molecular weight excluding hydrogens is 262 g/mol. The molecule has 0 radical (unpaired) electrons. The van der Waals surface area contributed by atoms with Crippen LogP contribution in [0.2, 0.25) is 0 Å². The van der Waals surface area contributed by atoms with E-state index in [4.69, 9.17) is 0 Å². The number of amides is 1. The van der Waals surface area contributed by atoms with E-state index in [2.05, 4.69) is 23.8 Å². The average molecular weight is 285 g/mol. The number of carbonyl (C=O) groups is 1. The molecule has 4 nitrogen and oxygen atoms in total. The van der Waals surface area contributed by atoms with Crippen LogP contribution in [0.3, 0.4) is 0 Å². The van der Waals surface area contributed by atoms with Crippen molar-refractivity contribution in [3.8, 4) is 0 Å². The van der Waals surface area contributed by atoms with Gasteiger partial charge in [-0.05, 0) is 30.9 Å². The van der Waals surface area contributed by atoms with Crippen molar-refractivity contribution >= 4 is 16.9 Å². The van der Waals surface area contributed by atoms with Gasteiger partial charge in [0.2, 0.25) is 5.91 Å². The third kappa shape index (κ3) is 2.55. The second-order valence-electron chi connectivity index (χ2n) is 6.36. The molecule has 2 atom stereocenters. The number of rotatable bonds is 3. The van der Waals surface area contributed by atoms with Crippen LogP contribution < -0.4 is 0 Å². The van der Waals surface area contributed by atoms with Gasteiger partial charge in [0.05, 0.1) is 17.1 Å². The van der Waals surface area contributed by atoms with Crippen LogP contribution in [-0.2, 0) is 4.79 Å². The number of H-pyrrole nitrogens is 1. The molecule has 1 saturated heterocycles. The van der Waals surface area contributed by atoms with Crippen LogP contribution in [0.4, 0.5) is 0 Å². The molecule has 1 aromatic carbocycles. The smallest absolute Gasteiger partial charge is 0.226 e. The zero-order valence-electron chi connectivity index (χ0n) is 13.0. The molecule has 0 unspecified atom stereocenters. The van der Waals surface area contributed by atoms with Gasteiger partial charge in [-0.25, -0.2) is 4.98 Å². The maximum Gasteiger partial charge on any atom is 0.226 e. The second kappa shape index (κ2) is 5.51. The van der Waals surface area contributed by atoms with Gasteiger partial charge in [-0.2, -0.15) is 0 Å². The largest absolute Gasteiger partial charge is 0.340 e. The zero-order chi connectivity index (χ0) is 15.0. The molecular formula is C17H23N3O. The number of nitrogens with zero attached hydrogens (tertiary/aromatic N) is 2. The molecule has 1 aromatic heterocycles. The van der Waals surface area contributed by atoms with Gasteiger partial charge in [0.25, 0.3) is 0 Å². The summed E-state index contributed by atoms with van der Waals surface area (Å²) < 4.78 is 0. The van der Waals surface area contributed by atoms with Crippen LogP contribution in [-0.4, -0.2) is 27.3 Å². The predicted octanol–water partition coefficient (Wildman–Crippen LogP) is 3.52. The van der Waals surface area contributed by atoms with Crippen molar-refractivity contribution < 1.29 is 4.79 Å². The normalized spacial score (nSPS) is 20.4. The number of hydrogen-bond acceptors (Lipinski definition) is 2. The SMILES string of the molecule is CC(C)[C@H](C)C(=O)N1CCC[C@H]1c1nc2ccccc2[nH]1. The number of carbonyl (C=O) groups excluding carboxylic acids is 1. The first-order valence-electron chi connectivity index (χ1n) is 7.83. The van der Waals surface area contributed by atoms with Crippen molar-refractivity contribution in [2.75, 3.05) is 6.54 Å². The summed E-state index contributed by atoms with van der Waals surface area (Å²) >= 11 is 0. The van der Waals surface area contributed by atoms with Crippen LogP contribution in [0.25, 0.3) is 11.0 Å². The molecule has 112 valence electrons. The Balaban J connectivity index is 1.88. The number of imidazole rings is 1. The topological polar surface area (TPSA) is 49.0 Å². The maximum atomic E-state index is 12.7. The van der Waals surface area contributed by atoms with E-state index in [-0.39, 0.29) is 17.9 Å². The van der Waals surface area contributed by atoms with Gasteiger partial charge in [-0.3, -0.25) is 4.79 Å². The fourth-order valence-corrected chi connectivity index (χ4v) is 2.99. The summed E-state index contributed by atoms with van der Waals surface area (Å²) in [5, 5.41) is 0. The molecule has 1 fully saturated rings. The van der Waals surface area contributed by atoms with Crippen molar-refractivity contribution in [1.29, 1.82) is 0 Å². The van der Waals surface area contributed by atoms with Crippen molar-refractivity contribution in [2.45, 2.75) is 39.7 Å². The van der Waals surface area contributed by atoms with Crippen molar-refractivity contribution in [2.24, 2.45) is 11.8 Å². The van der Waals surface area contributed by atoms with E-state index in [1.807, 2.05) is 36.1 Å². The van der Waals surface area contributed by atoms with Crippen molar-refractivity contribution in [3.05, 3.63) is 30.1 Å². The number of fused-ring (bicyclic) bond motifs is 1. The van der Waals surface area contributed by atoms with Crippen LogP contribution in [0.5, 0.6) is 0 Å². The quantitative estimate of drug-likeness (QED) is 0.938. The third-order valence-electron chi connectivity index (χ3n) is 4.65. The molecule has 1 aliphatic rings. The number of hydrogen-bond donors (Lipinski definition) is 1. The Kier molecular flexibility index (Phi) is 3.70. The Morgan fingerprint density at radius 2 is 2.10 bits per heavy atom. The van der Waals surface area contributed by atoms with Gasteiger partial charge in [-0.15, -0.1) is 0 Å². The van der Waals surface area contributed by atoms with Crippen LogP contribution in [0.15, 0.2) is 24.3 Å². The molecule has 2 heterocycles. The fourth-order valence-electron chi connectivity index (χ4n) is 2.99. The average Bonchev–Trinajstić information content (AvgIpc) is 3.11. The first kappa shape index (κ1) is 14.1. The van der Waals surface area contributed by atoms with Crippen molar-refractivity contribution in [3.63, 3.8) is 0 Å². The monoisotopic (exact) mass is 285 g/mol. The van der Waals surface area contributed by atoms with Gasteiger partial charge in [0, 0.05) is 12.5 Å². The van der Waals surface area contributed by atoms with E-state index in [1.54, 1.807) is 0 Å². The first-order chi connectivity index (χ1) is 10.1. The summed E-state index contributed by atoms with van der Waals surface area (Å²) in [5.74, 6) is 1.62. The van der Waals surface area contributed by atoms with Crippen LogP contribution in [0, 0.1) is 11.8 Å². The lowest BCUT2D eigenvalue weighted by Crippen LogP contribution is -2.36. The lowest BCUT2D eigenvalue weighted by Gasteiger charge is -2.27. The maximum absolute atomic E-state index is 12.7. The molecule has 2 aromatic rings. The van der Waals surface area contributed by atoms with E-state index in [9.17, 15) is 4.79 Å². The summed E-state index contributed by atoms with van der Waals surface area (Å²) in [6, 6.07) is 8.14. The number of aromatic amines is 1. The summed E-state index contributed by atoms with van der Waals surface area (Å²) in [6.45, 7) is 7.09. The van der Waals surface area contributed by atoms with E-state index in [0.29, 0.717) is 5.92 Å². The van der Waals surface area contributed by atoms with E-state index < -0.39 is 0 Å². The van der Waals surface area contributed by atoms with E-state index in [0.717, 1.165) is 36.2 Å². The highest BCUT2D eigenvalue weighted by atomic mass is 16.2. The minimum Gasteiger partial charge on any atom is -0.340 e. The number of para-hydroxylation sites is 2. The Morgan fingerprint density at radius 1 is 1.33 bits per heavy atom. The molecule has 0 aliphatic carbocycles. The lowest BCUT2D eigenvalue weighted by molar-refractivity contribution is -0.137. The first-order valence-corrected chi connectivity index (χ1v) is 7.83. The zero-order valence-corrected chi connectivity index (χ0v) is 13.0. The number of likely N-dealkylation sites (tertiary alicyclic amines) is 1. The van der Waals surface area contributed by atoms with Crippen LogP contribution in [0.1, 0.15) is 45.5 Å². The highest BCUT2D eigenvalue weighted by Crippen LogP contribution is 2.33. The minimum atomic E-state index is 0.0648. The van der Waals surface area contributed by atoms with Gasteiger partial charge >= 0.3 is 0 Å². The Labute approximate surface area is 125 Å². The summed E-state index contributed by atoms with van der Waals surface area (Å²) in [6.07, 6.45) is 2.05. The number of benzene rings is 1. The van der Waals surface area contributed by atoms with Gasteiger partial charge in [0.15, 0.2) is 0 Å².